The van der Waals surface area contributed by atoms with Crippen LogP contribution in [0.4, 0.5) is 4.39 Å². The second-order valence-corrected chi connectivity index (χ2v) is 2.67. The predicted octanol–water partition coefficient (Wildman–Crippen LogP) is 1.40. The van der Waals surface area contributed by atoms with E-state index >= 15 is 0 Å². The fourth-order valence-electron chi connectivity index (χ4n) is 1.06. The van der Waals surface area contributed by atoms with Crippen LogP contribution in [0.25, 0.3) is 0 Å². The van der Waals surface area contributed by atoms with E-state index in [1.165, 1.54) is 0 Å². The van der Waals surface area contributed by atoms with E-state index in [0.717, 1.165) is 13.0 Å². The minimum Gasteiger partial charge on any atom is -0.275 e. The smallest absolute Gasteiger partial charge is 0.161 e. The van der Waals surface area contributed by atoms with Gasteiger partial charge in [-0.15, -0.1) is 0 Å². The van der Waals surface area contributed by atoms with Crippen LogP contribution in [0.3, 0.4) is 0 Å². The third-order valence-electron chi connectivity index (χ3n) is 1.92. The summed E-state index contributed by atoms with van der Waals surface area (Å²) in [6.45, 7) is 2.55. The SMILES string of the molecule is CN1CCCC1(C)F. The Morgan fingerprint density at radius 3 is 2.38 bits per heavy atom. The van der Waals surface area contributed by atoms with Gasteiger partial charge in [-0.2, -0.15) is 0 Å². The quantitative estimate of drug-likeness (QED) is 0.433. The molecule has 1 unspecified atom stereocenters. The van der Waals surface area contributed by atoms with Crippen molar-refractivity contribution in [1.82, 2.24) is 4.90 Å². The van der Waals surface area contributed by atoms with E-state index in [-0.39, 0.29) is 0 Å². The van der Waals surface area contributed by atoms with Crippen LogP contribution in [-0.4, -0.2) is 24.3 Å². The molecule has 0 aliphatic carbocycles. The van der Waals surface area contributed by atoms with E-state index in [2.05, 4.69) is 0 Å². The van der Waals surface area contributed by atoms with Crippen molar-refractivity contribution in [3.63, 3.8) is 0 Å². The third kappa shape index (κ3) is 0.848. The minimum absolute atomic E-state index is 0.698. The average molecular weight is 117 g/mol. The Kier molecular flexibility index (Phi) is 1.27. The van der Waals surface area contributed by atoms with Gasteiger partial charge in [0.2, 0.25) is 0 Å². The van der Waals surface area contributed by atoms with Gasteiger partial charge in [-0.1, -0.05) is 0 Å². The summed E-state index contributed by atoms with van der Waals surface area (Å²) in [5, 5.41) is 0. The monoisotopic (exact) mass is 117 g/mol. The van der Waals surface area contributed by atoms with Gasteiger partial charge in [-0.25, -0.2) is 4.39 Å². The van der Waals surface area contributed by atoms with Crippen molar-refractivity contribution in [1.29, 1.82) is 0 Å². The second kappa shape index (κ2) is 1.69. The standard InChI is InChI=1S/C6H12FN/c1-6(7)4-3-5-8(6)2/h3-5H2,1-2H3. The molecule has 0 saturated carbocycles. The van der Waals surface area contributed by atoms with Gasteiger partial charge in [-0.3, -0.25) is 4.90 Å². The summed E-state index contributed by atoms with van der Waals surface area (Å²) in [5.41, 5.74) is 0. The van der Waals surface area contributed by atoms with Crippen molar-refractivity contribution in [2.45, 2.75) is 25.6 Å². The predicted molar refractivity (Wildman–Crippen MR) is 31.4 cm³/mol. The highest BCUT2D eigenvalue weighted by Gasteiger charge is 2.32. The Labute approximate surface area is 49.5 Å². The molecule has 48 valence electrons. The van der Waals surface area contributed by atoms with Gasteiger partial charge in [0.25, 0.3) is 0 Å². The molecular weight excluding hydrogens is 105 g/mol. The maximum Gasteiger partial charge on any atom is 0.161 e. The molecule has 1 nitrogen and oxygen atoms in total. The molecule has 1 atom stereocenters. The van der Waals surface area contributed by atoms with Crippen LogP contribution in [-0.2, 0) is 0 Å². The summed E-state index contributed by atoms with van der Waals surface area (Å²) in [7, 11) is 1.83. The number of nitrogens with zero attached hydrogens (tertiary/aromatic N) is 1. The molecule has 0 bridgehead atoms. The summed E-state index contributed by atoms with van der Waals surface area (Å²) in [4.78, 5) is 1.76. The molecule has 0 aromatic carbocycles. The van der Waals surface area contributed by atoms with Crippen LogP contribution < -0.4 is 0 Å². The zero-order valence-corrected chi connectivity index (χ0v) is 5.45. The molecule has 1 fully saturated rings. The fourth-order valence-corrected chi connectivity index (χ4v) is 1.06. The van der Waals surface area contributed by atoms with Crippen LogP contribution >= 0.6 is 0 Å². The number of hydrogen-bond acceptors (Lipinski definition) is 1. The van der Waals surface area contributed by atoms with Gasteiger partial charge >= 0.3 is 0 Å². The summed E-state index contributed by atoms with van der Waals surface area (Å²) in [5.74, 6) is -1.01. The van der Waals surface area contributed by atoms with Crippen molar-refractivity contribution in [2.75, 3.05) is 13.6 Å². The zero-order chi connectivity index (χ0) is 6.20. The lowest BCUT2D eigenvalue weighted by atomic mass is 10.2. The molecular formula is C6H12FN. The van der Waals surface area contributed by atoms with Crippen LogP contribution in [0.1, 0.15) is 19.8 Å². The van der Waals surface area contributed by atoms with Crippen molar-refractivity contribution in [3.8, 4) is 0 Å². The lowest BCUT2D eigenvalue weighted by Gasteiger charge is -2.21. The molecule has 1 saturated heterocycles. The maximum absolute atomic E-state index is 12.9. The minimum atomic E-state index is -1.01. The fraction of sp³-hybridized carbons (Fsp3) is 1.00. The van der Waals surface area contributed by atoms with Crippen molar-refractivity contribution in [3.05, 3.63) is 0 Å². The number of halogens is 1. The maximum atomic E-state index is 12.9. The first-order valence-electron chi connectivity index (χ1n) is 3.03. The molecule has 1 aliphatic heterocycles. The van der Waals surface area contributed by atoms with Crippen LogP contribution in [0, 0.1) is 0 Å². The van der Waals surface area contributed by atoms with Crippen LogP contribution in [0.2, 0.25) is 0 Å². The molecule has 1 aliphatic rings. The molecule has 0 aromatic rings. The first kappa shape index (κ1) is 6.02. The molecule has 0 radical (unpaired) electrons. The Morgan fingerprint density at radius 1 is 1.62 bits per heavy atom. The Bertz CT molecular complexity index is 90.5. The molecule has 1 rings (SSSR count). The van der Waals surface area contributed by atoms with Gasteiger partial charge in [0.1, 0.15) is 0 Å². The number of alkyl halides is 1. The van der Waals surface area contributed by atoms with Gasteiger partial charge in [0.15, 0.2) is 5.79 Å². The first-order valence-corrected chi connectivity index (χ1v) is 3.03. The van der Waals surface area contributed by atoms with E-state index in [0.29, 0.717) is 6.42 Å². The zero-order valence-electron chi connectivity index (χ0n) is 5.45. The van der Waals surface area contributed by atoms with E-state index in [1.807, 2.05) is 7.05 Å². The highest BCUT2D eigenvalue weighted by molar-refractivity contribution is 4.79. The molecule has 0 amide bonds. The number of rotatable bonds is 0. The third-order valence-corrected chi connectivity index (χ3v) is 1.92. The van der Waals surface area contributed by atoms with Crippen molar-refractivity contribution < 1.29 is 4.39 Å². The van der Waals surface area contributed by atoms with Gasteiger partial charge in [0, 0.05) is 6.54 Å². The summed E-state index contributed by atoms with van der Waals surface area (Å²) in [6.07, 6.45) is 1.70. The highest BCUT2D eigenvalue weighted by atomic mass is 19.1. The molecule has 0 aromatic heterocycles. The van der Waals surface area contributed by atoms with Crippen LogP contribution in [0.15, 0.2) is 0 Å². The second-order valence-electron chi connectivity index (χ2n) is 2.67. The lowest BCUT2D eigenvalue weighted by molar-refractivity contribution is 0.0409. The van der Waals surface area contributed by atoms with Gasteiger partial charge in [0.05, 0.1) is 0 Å². The largest absolute Gasteiger partial charge is 0.275 e. The summed E-state index contributed by atoms with van der Waals surface area (Å²) < 4.78 is 12.9. The topological polar surface area (TPSA) is 3.24 Å². The van der Waals surface area contributed by atoms with E-state index in [1.54, 1.807) is 11.8 Å². The van der Waals surface area contributed by atoms with Gasteiger partial charge in [-0.05, 0) is 26.8 Å². The van der Waals surface area contributed by atoms with E-state index in [9.17, 15) is 4.39 Å². The Morgan fingerprint density at radius 2 is 2.25 bits per heavy atom. The normalized spacial score (nSPS) is 40.9. The lowest BCUT2D eigenvalue weighted by Crippen LogP contribution is -2.32. The average Bonchev–Trinajstić information content (AvgIpc) is 1.86. The number of likely N-dealkylation sites (tertiary alicyclic amines) is 1. The van der Waals surface area contributed by atoms with Crippen molar-refractivity contribution >= 4 is 0 Å². The molecule has 0 spiro atoms. The van der Waals surface area contributed by atoms with E-state index < -0.39 is 5.79 Å². The molecule has 0 N–H and O–H groups in total. The molecule has 2 heteroatoms. The molecule has 8 heavy (non-hydrogen) atoms. The van der Waals surface area contributed by atoms with Crippen molar-refractivity contribution in [2.24, 2.45) is 0 Å². The molecule has 1 heterocycles. The van der Waals surface area contributed by atoms with E-state index in [4.69, 9.17) is 0 Å². The van der Waals surface area contributed by atoms with Gasteiger partial charge < -0.3 is 0 Å². The van der Waals surface area contributed by atoms with Crippen LogP contribution in [0.5, 0.6) is 0 Å². The number of hydrogen-bond donors (Lipinski definition) is 0. The highest BCUT2D eigenvalue weighted by Crippen LogP contribution is 2.27. The summed E-state index contributed by atoms with van der Waals surface area (Å²) >= 11 is 0. The Hall–Kier alpha value is -0.110. The first-order chi connectivity index (χ1) is 3.63. The Balaban J connectivity index is 2.54. The summed E-state index contributed by atoms with van der Waals surface area (Å²) in [6, 6.07) is 0.